The number of aryl methyl sites for hydroxylation is 1. The van der Waals surface area contributed by atoms with Crippen molar-refractivity contribution in [1.29, 1.82) is 0 Å². The summed E-state index contributed by atoms with van der Waals surface area (Å²) in [4.78, 5) is 2.51. The Labute approximate surface area is 85.7 Å². The zero-order valence-electron chi connectivity index (χ0n) is 9.03. The van der Waals surface area contributed by atoms with Gasteiger partial charge in [0.15, 0.2) is 0 Å². The van der Waals surface area contributed by atoms with Crippen LogP contribution in [-0.2, 0) is 13.6 Å². The summed E-state index contributed by atoms with van der Waals surface area (Å²) in [5.74, 6) is 0. The van der Waals surface area contributed by atoms with Gasteiger partial charge in [-0.3, -0.25) is 4.90 Å². The van der Waals surface area contributed by atoms with Crippen molar-refractivity contribution in [3.8, 4) is 0 Å². The normalized spacial score (nSPS) is 24.0. The van der Waals surface area contributed by atoms with Crippen LogP contribution in [-0.4, -0.2) is 35.1 Å². The molecule has 78 valence electrons. The predicted octanol–water partition coefficient (Wildman–Crippen LogP) is 0.819. The van der Waals surface area contributed by atoms with Crippen molar-refractivity contribution in [2.45, 2.75) is 19.5 Å². The first-order valence-electron chi connectivity index (χ1n) is 5.31. The number of aromatic nitrogens is 1. The third kappa shape index (κ3) is 2.16. The molecule has 14 heavy (non-hydrogen) atoms. The lowest BCUT2D eigenvalue weighted by Crippen LogP contribution is -2.48. The molecule has 1 unspecified atom stereocenters. The SMILES string of the molecule is CC1CN(Cc2cccn2C)CCN1. The fourth-order valence-electron chi connectivity index (χ4n) is 2.05. The highest BCUT2D eigenvalue weighted by Gasteiger charge is 2.15. The van der Waals surface area contributed by atoms with Crippen molar-refractivity contribution in [2.75, 3.05) is 19.6 Å². The fraction of sp³-hybridized carbons (Fsp3) is 0.636. The highest BCUT2D eigenvalue weighted by Crippen LogP contribution is 2.07. The maximum atomic E-state index is 3.46. The van der Waals surface area contributed by atoms with E-state index in [1.165, 1.54) is 5.69 Å². The van der Waals surface area contributed by atoms with Crippen LogP contribution in [0.2, 0.25) is 0 Å². The molecule has 3 nitrogen and oxygen atoms in total. The van der Waals surface area contributed by atoms with Crippen molar-refractivity contribution < 1.29 is 0 Å². The summed E-state index contributed by atoms with van der Waals surface area (Å²) < 4.78 is 2.20. The molecule has 0 bridgehead atoms. The minimum Gasteiger partial charge on any atom is -0.353 e. The van der Waals surface area contributed by atoms with Crippen molar-refractivity contribution >= 4 is 0 Å². The molecule has 1 fully saturated rings. The van der Waals surface area contributed by atoms with E-state index in [0.29, 0.717) is 6.04 Å². The second kappa shape index (κ2) is 4.15. The van der Waals surface area contributed by atoms with Crippen molar-refractivity contribution in [2.24, 2.45) is 7.05 Å². The number of rotatable bonds is 2. The monoisotopic (exact) mass is 193 g/mol. The Hall–Kier alpha value is -0.800. The van der Waals surface area contributed by atoms with Gasteiger partial charge in [-0.1, -0.05) is 0 Å². The number of piperazine rings is 1. The van der Waals surface area contributed by atoms with Crippen molar-refractivity contribution in [3.05, 3.63) is 24.0 Å². The summed E-state index contributed by atoms with van der Waals surface area (Å²) in [7, 11) is 2.11. The lowest BCUT2D eigenvalue weighted by Gasteiger charge is -2.31. The van der Waals surface area contributed by atoms with Crippen LogP contribution < -0.4 is 5.32 Å². The zero-order chi connectivity index (χ0) is 9.97. The minimum atomic E-state index is 0.629. The molecule has 1 N–H and O–H groups in total. The molecule has 0 saturated carbocycles. The molecular formula is C11H19N3. The first kappa shape index (κ1) is 9.74. The van der Waals surface area contributed by atoms with Gasteiger partial charge in [0.1, 0.15) is 0 Å². The van der Waals surface area contributed by atoms with Gasteiger partial charge in [0.05, 0.1) is 0 Å². The number of hydrogen-bond acceptors (Lipinski definition) is 2. The first-order chi connectivity index (χ1) is 6.75. The van der Waals surface area contributed by atoms with Crippen LogP contribution in [0.4, 0.5) is 0 Å². The van der Waals surface area contributed by atoms with E-state index in [1.807, 2.05) is 0 Å². The van der Waals surface area contributed by atoms with Crippen LogP contribution in [0.5, 0.6) is 0 Å². The van der Waals surface area contributed by atoms with Gasteiger partial charge in [-0.05, 0) is 19.1 Å². The maximum Gasteiger partial charge on any atom is 0.0388 e. The van der Waals surface area contributed by atoms with E-state index in [-0.39, 0.29) is 0 Å². The average molecular weight is 193 g/mol. The summed E-state index contributed by atoms with van der Waals surface area (Å²) in [6.45, 7) is 6.76. The van der Waals surface area contributed by atoms with Gasteiger partial charge in [-0.15, -0.1) is 0 Å². The van der Waals surface area contributed by atoms with Gasteiger partial charge in [-0.2, -0.15) is 0 Å². The summed E-state index contributed by atoms with van der Waals surface area (Å²) in [6.07, 6.45) is 2.11. The lowest BCUT2D eigenvalue weighted by atomic mass is 10.2. The van der Waals surface area contributed by atoms with Crippen LogP contribution in [0.25, 0.3) is 0 Å². The second-order valence-corrected chi connectivity index (χ2v) is 4.20. The molecule has 0 spiro atoms. The summed E-state index contributed by atoms with van der Waals surface area (Å²) in [6, 6.07) is 4.94. The Morgan fingerprint density at radius 1 is 1.57 bits per heavy atom. The zero-order valence-corrected chi connectivity index (χ0v) is 9.03. The van der Waals surface area contributed by atoms with Crippen LogP contribution in [0, 0.1) is 0 Å². The Bertz CT molecular complexity index is 292. The van der Waals surface area contributed by atoms with Gasteiger partial charge < -0.3 is 9.88 Å². The maximum absolute atomic E-state index is 3.46. The predicted molar refractivity (Wildman–Crippen MR) is 58.2 cm³/mol. The minimum absolute atomic E-state index is 0.629. The van der Waals surface area contributed by atoms with Gasteiger partial charge in [0.2, 0.25) is 0 Å². The van der Waals surface area contributed by atoms with Crippen molar-refractivity contribution in [3.63, 3.8) is 0 Å². The Kier molecular flexibility index (Phi) is 2.89. The van der Waals surface area contributed by atoms with Gasteiger partial charge >= 0.3 is 0 Å². The largest absolute Gasteiger partial charge is 0.353 e. The topological polar surface area (TPSA) is 20.2 Å². The quantitative estimate of drug-likeness (QED) is 0.750. The molecule has 1 aromatic heterocycles. The number of hydrogen-bond donors (Lipinski definition) is 1. The molecule has 1 aliphatic rings. The van der Waals surface area contributed by atoms with E-state index < -0.39 is 0 Å². The van der Waals surface area contributed by atoms with Crippen LogP contribution in [0.1, 0.15) is 12.6 Å². The molecule has 0 amide bonds. The fourth-order valence-corrected chi connectivity index (χ4v) is 2.05. The molecule has 2 heterocycles. The molecule has 2 rings (SSSR count). The van der Waals surface area contributed by atoms with Crippen LogP contribution in [0.15, 0.2) is 18.3 Å². The van der Waals surface area contributed by atoms with E-state index in [2.05, 4.69) is 47.1 Å². The average Bonchev–Trinajstić information content (AvgIpc) is 2.52. The molecule has 1 aliphatic heterocycles. The molecule has 3 heteroatoms. The van der Waals surface area contributed by atoms with Crippen molar-refractivity contribution in [1.82, 2.24) is 14.8 Å². The number of nitrogens with one attached hydrogen (secondary N) is 1. The molecule has 0 aliphatic carbocycles. The van der Waals surface area contributed by atoms with Gasteiger partial charge in [-0.25, -0.2) is 0 Å². The molecule has 0 aromatic carbocycles. The third-order valence-corrected chi connectivity index (χ3v) is 2.89. The molecule has 1 atom stereocenters. The molecule has 0 radical (unpaired) electrons. The van der Waals surface area contributed by atoms with E-state index in [4.69, 9.17) is 0 Å². The highest BCUT2D eigenvalue weighted by atomic mass is 15.2. The van der Waals surface area contributed by atoms with E-state index >= 15 is 0 Å². The molecule has 1 saturated heterocycles. The first-order valence-corrected chi connectivity index (χ1v) is 5.31. The standard InChI is InChI=1S/C11H19N3/c1-10-8-14(7-5-12-10)9-11-4-3-6-13(11)2/h3-4,6,10,12H,5,7-9H2,1-2H3. The van der Waals surface area contributed by atoms with E-state index in [0.717, 1.165) is 26.2 Å². The highest BCUT2D eigenvalue weighted by molar-refractivity contribution is 5.06. The summed E-state index contributed by atoms with van der Waals surface area (Å²) >= 11 is 0. The number of nitrogens with zero attached hydrogens (tertiary/aromatic N) is 2. The van der Waals surface area contributed by atoms with Gasteiger partial charge in [0, 0.05) is 51.2 Å². The van der Waals surface area contributed by atoms with Crippen LogP contribution >= 0.6 is 0 Å². The van der Waals surface area contributed by atoms with E-state index in [9.17, 15) is 0 Å². The third-order valence-electron chi connectivity index (χ3n) is 2.89. The summed E-state index contributed by atoms with van der Waals surface area (Å²) in [5, 5.41) is 3.46. The lowest BCUT2D eigenvalue weighted by molar-refractivity contribution is 0.196. The second-order valence-electron chi connectivity index (χ2n) is 4.20. The van der Waals surface area contributed by atoms with E-state index in [1.54, 1.807) is 0 Å². The Morgan fingerprint density at radius 3 is 3.07 bits per heavy atom. The smallest absolute Gasteiger partial charge is 0.0388 e. The van der Waals surface area contributed by atoms with Crippen LogP contribution in [0.3, 0.4) is 0 Å². The molecular weight excluding hydrogens is 174 g/mol. The Balaban J connectivity index is 1.94. The molecule has 1 aromatic rings. The Morgan fingerprint density at radius 2 is 2.43 bits per heavy atom. The summed E-state index contributed by atoms with van der Waals surface area (Å²) in [5.41, 5.74) is 1.40. The van der Waals surface area contributed by atoms with Gasteiger partial charge in [0.25, 0.3) is 0 Å².